The molecule has 7 heteroatoms. The van der Waals surface area contributed by atoms with Gasteiger partial charge in [-0.2, -0.15) is 0 Å². The molecule has 0 radical (unpaired) electrons. The minimum Gasteiger partial charge on any atom is -0.467 e. The van der Waals surface area contributed by atoms with E-state index in [0.717, 1.165) is 32.1 Å². The molecule has 23 heavy (non-hydrogen) atoms. The molecule has 124 valence electrons. The van der Waals surface area contributed by atoms with E-state index >= 15 is 0 Å². The van der Waals surface area contributed by atoms with Crippen LogP contribution in [0.1, 0.15) is 42.5 Å². The standard InChI is InChI=1S/C16H20N2O5/c1-23-16(20)14(11-7-3-2-4-8-11)17-15(19)12-9-5-6-10-13(12)18(21)22/h5-6,9-11,14H,2-4,7-8H2,1H3,(H,17,19). The summed E-state index contributed by atoms with van der Waals surface area (Å²) in [5.41, 5.74) is -0.334. The minimum absolute atomic E-state index is 0.00270. The van der Waals surface area contributed by atoms with Crippen molar-refractivity contribution in [3.05, 3.63) is 39.9 Å². The maximum absolute atomic E-state index is 12.4. The number of esters is 1. The van der Waals surface area contributed by atoms with Gasteiger partial charge in [0, 0.05) is 6.07 Å². The first-order valence-corrected chi connectivity index (χ1v) is 7.66. The fourth-order valence-electron chi connectivity index (χ4n) is 3.01. The molecular formula is C16H20N2O5. The third kappa shape index (κ3) is 4.06. The number of carbonyl (C=O) groups is 2. The largest absolute Gasteiger partial charge is 0.467 e. The zero-order valence-electron chi connectivity index (χ0n) is 13.0. The van der Waals surface area contributed by atoms with Crippen LogP contribution in [-0.4, -0.2) is 30.0 Å². The van der Waals surface area contributed by atoms with Crippen LogP contribution >= 0.6 is 0 Å². The van der Waals surface area contributed by atoms with Gasteiger partial charge in [-0.25, -0.2) is 4.79 Å². The van der Waals surface area contributed by atoms with Crippen LogP contribution in [-0.2, 0) is 9.53 Å². The van der Waals surface area contributed by atoms with Gasteiger partial charge in [-0.05, 0) is 24.8 Å². The van der Waals surface area contributed by atoms with Crippen molar-refractivity contribution < 1.29 is 19.2 Å². The Labute approximate surface area is 134 Å². The molecule has 2 rings (SSSR count). The first-order valence-electron chi connectivity index (χ1n) is 7.66. The van der Waals surface area contributed by atoms with Gasteiger partial charge >= 0.3 is 5.97 Å². The van der Waals surface area contributed by atoms with Gasteiger partial charge in [0.25, 0.3) is 11.6 Å². The Kier molecular flexibility index (Phi) is 5.67. The highest BCUT2D eigenvalue weighted by Crippen LogP contribution is 2.27. The van der Waals surface area contributed by atoms with Crippen LogP contribution < -0.4 is 5.32 Å². The summed E-state index contributed by atoms with van der Waals surface area (Å²) in [7, 11) is 1.27. The van der Waals surface area contributed by atoms with Gasteiger partial charge < -0.3 is 10.1 Å². The summed E-state index contributed by atoms with van der Waals surface area (Å²) in [5, 5.41) is 13.7. The predicted octanol–water partition coefficient (Wildman–Crippen LogP) is 2.45. The summed E-state index contributed by atoms with van der Waals surface area (Å²) in [6.45, 7) is 0. The van der Waals surface area contributed by atoms with Crippen molar-refractivity contribution in [3.8, 4) is 0 Å². The molecule has 0 spiro atoms. The van der Waals surface area contributed by atoms with Gasteiger partial charge in [-0.3, -0.25) is 14.9 Å². The number of nitro benzene ring substituents is 1. The lowest BCUT2D eigenvalue weighted by atomic mass is 9.83. The van der Waals surface area contributed by atoms with Gasteiger partial charge in [0.05, 0.1) is 12.0 Å². The third-order valence-corrected chi connectivity index (χ3v) is 4.21. The number of rotatable bonds is 5. The van der Waals surface area contributed by atoms with Crippen molar-refractivity contribution in [1.82, 2.24) is 5.32 Å². The normalized spacial score (nSPS) is 16.4. The zero-order valence-corrected chi connectivity index (χ0v) is 13.0. The molecule has 1 aliphatic carbocycles. The SMILES string of the molecule is COC(=O)C(NC(=O)c1ccccc1[N+](=O)[O-])C1CCCCC1. The van der Waals surface area contributed by atoms with Crippen molar-refractivity contribution in [3.63, 3.8) is 0 Å². The molecule has 1 amide bonds. The summed E-state index contributed by atoms with van der Waals surface area (Å²) in [4.78, 5) is 34.9. The number of nitro groups is 1. The molecule has 0 saturated heterocycles. The van der Waals surface area contributed by atoms with E-state index < -0.39 is 22.8 Å². The Hall–Kier alpha value is -2.44. The second kappa shape index (κ2) is 7.71. The molecule has 0 bridgehead atoms. The third-order valence-electron chi connectivity index (χ3n) is 4.21. The molecule has 1 aromatic rings. The maximum atomic E-state index is 12.4. The van der Waals surface area contributed by atoms with Gasteiger partial charge in [0.1, 0.15) is 11.6 Å². The lowest BCUT2D eigenvalue weighted by Gasteiger charge is -2.28. The zero-order chi connectivity index (χ0) is 16.8. The van der Waals surface area contributed by atoms with E-state index in [1.807, 2.05) is 0 Å². The first-order chi connectivity index (χ1) is 11.0. The second-order valence-corrected chi connectivity index (χ2v) is 5.65. The highest BCUT2D eigenvalue weighted by atomic mass is 16.6. The molecule has 1 N–H and O–H groups in total. The predicted molar refractivity (Wildman–Crippen MR) is 82.9 cm³/mol. The first kappa shape index (κ1) is 16.9. The number of hydrogen-bond donors (Lipinski definition) is 1. The van der Waals surface area contributed by atoms with E-state index in [0.29, 0.717) is 0 Å². The van der Waals surface area contributed by atoms with E-state index in [1.54, 1.807) is 6.07 Å². The number of nitrogens with one attached hydrogen (secondary N) is 1. The quantitative estimate of drug-likeness (QED) is 0.510. The number of ether oxygens (including phenoxy) is 1. The molecule has 1 saturated carbocycles. The number of para-hydroxylation sites is 1. The summed E-state index contributed by atoms with van der Waals surface area (Å²) >= 11 is 0. The Balaban J connectivity index is 2.20. The highest BCUT2D eigenvalue weighted by Gasteiger charge is 2.33. The molecule has 1 unspecified atom stereocenters. The Morgan fingerprint density at radius 3 is 2.52 bits per heavy atom. The van der Waals surface area contributed by atoms with Crippen LogP contribution in [0.5, 0.6) is 0 Å². The molecule has 7 nitrogen and oxygen atoms in total. The van der Waals surface area contributed by atoms with Gasteiger partial charge in [-0.15, -0.1) is 0 Å². The minimum atomic E-state index is -0.771. The second-order valence-electron chi connectivity index (χ2n) is 5.65. The van der Waals surface area contributed by atoms with E-state index in [4.69, 9.17) is 4.74 Å². The molecule has 1 aromatic carbocycles. The van der Waals surface area contributed by atoms with Crippen LogP contribution in [0.2, 0.25) is 0 Å². The Morgan fingerprint density at radius 1 is 1.26 bits per heavy atom. The van der Waals surface area contributed by atoms with Crippen molar-refractivity contribution in [1.29, 1.82) is 0 Å². The van der Waals surface area contributed by atoms with Gasteiger partial charge in [0.2, 0.25) is 0 Å². The monoisotopic (exact) mass is 320 g/mol. The van der Waals surface area contributed by atoms with Crippen molar-refractivity contribution in [2.45, 2.75) is 38.1 Å². The Bertz CT molecular complexity index is 596. The lowest BCUT2D eigenvalue weighted by molar-refractivity contribution is -0.385. The molecule has 0 heterocycles. The molecule has 0 aromatic heterocycles. The van der Waals surface area contributed by atoms with Crippen molar-refractivity contribution >= 4 is 17.6 Å². The fourth-order valence-corrected chi connectivity index (χ4v) is 3.01. The van der Waals surface area contributed by atoms with Crippen molar-refractivity contribution in [2.75, 3.05) is 7.11 Å². The smallest absolute Gasteiger partial charge is 0.328 e. The number of hydrogen-bond acceptors (Lipinski definition) is 5. The Morgan fingerprint density at radius 2 is 1.91 bits per heavy atom. The van der Waals surface area contributed by atoms with Crippen LogP contribution in [0.4, 0.5) is 5.69 Å². The fraction of sp³-hybridized carbons (Fsp3) is 0.500. The average Bonchev–Trinajstić information content (AvgIpc) is 2.59. The van der Waals surface area contributed by atoms with E-state index in [1.165, 1.54) is 25.3 Å². The van der Waals surface area contributed by atoms with E-state index in [2.05, 4.69) is 5.32 Å². The summed E-state index contributed by atoms with van der Waals surface area (Å²) < 4.78 is 4.79. The highest BCUT2D eigenvalue weighted by molar-refractivity contribution is 6.00. The molecule has 1 aliphatic rings. The summed E-state index contributed by atoms with van der Waals surface area (Å²) in [6.07, 6.45) is 4.77. The maximum Gasteiger partial charge on any atom is 0.328 e. The summed E-state index contributed by atoms with van der Waals surface area (Å²) in [6, 6.07) is 4.92. The van der Waals surface area contributed by atoms with Gasteiger partial charge in [0.15, 0.2) is 0 Å². The molecule has 0 aliphatic heterocycles. The number of carbonyl (C=O) groups excluding carboxylic acids is 2. The van der Waals surface area contributed by atoms with Crippen LogP contribution in [0.15, 0.2) is 24.3 Å². The lowest BCUT2D eigenvalue weighted by Crippen LogP contribution is -2.47. The average molecular weight is 320 g/mol. The molecule has 1 atom stereocenters. The van der Waals surface area contributed by atoms with E-state index in [9.17, 15) is 19.7 Å². The number of methoxy groups -OCH3 is 1. The number of amides is 1. The van der Waals surface area contributed by atoms with Crippen molar-refractivity contribution in [2.24, 2.45) is 5.92 Å². The van der Waals surface area contributed by atoms with Crippen LogP contribution in [0, 0.1) is 16.0 Å². The summed E-state index contributed by atoms with van der Waals surface area (Å²) in [5.74, 6) is -1.13. The number of benzene rings is 1. The number of nitrogens with zero attached hydrogens (tertiary/aromatic N) is 1. The van der Waals surface area contributed by atoms with Crippen LogP contribution in [0.3, 0.4) is 0 Å². The van der Waals surface area contributed by atoms with E-state index in [-0.39, 0.29) is 17.2 Å². The van der Waals surface area contributed by atoms with Gasteiger partial charge in [-0.1, -0.05) is 31.4 Å². The molecular weight excluding hydrogens is 300 g/mol. The topological polar surface area (TPSA) is 98.5 Å². The molecule has 1 fully saturated rings. The van der Waals surface area contributed by atoms with Crippen LogP contribution in [0.25, 0.3) is 0 Å².